The molecule has 0 saturated carbocycles. The van der Waals surface area contributed by atoms with E-state index in [1.807, 2.05) is 17.5 Å². The van der Waals surface area contributed by atoms with E-state index in [4.69, 9.17) is 5.26 Å². The molecule has 1 heterocycles. The van der Waals surface area contributed by atoms with Gasteiger partial charge >= 0.3 is 0 Å². The van der Waals surface area contributed by atoms with Crippen molar-refractivity contribution >= 4 is 23.2 Å². The minimum Gasteiger partial charge on any atom is -0.288 e. The average molecular weight is 239 g/mol. The molecule has 0 radical (unpaired) electrons. The Hall–Kier alpha value is -2.18. The molecule has 0 bridgehead atoms. The van der Waals surface area contributed by atoms with E-state index < -0.39 is 0 Å². The first-order valence-electron chi connectivity index (χ1n) is 5.05. The molecule has 0 unspecified atom stereocenters. The molecule has 0 spiro atoms. The van der Waals surface area contributed by atoms with Crippen molar-refractivity contribution in [3.63, 3.8) is 0 Å². The van der Waals surface area contributed by atoms with Gasteiger partial charge in [0, 0.05) is 0 Å². The molecule has 0 aliphatic rings. The van der Waals surface area contributed by atoms with Crippen LogP contribution in [0, 0.1) is 11.3 Å². The summed E-state index contributed by atoms with van der Waals surface area (Å²) in [7, 11) is 0. The summed E-state index contributed by atoms with van der Waals surface area (Å²) < 4.78 is 0. The van der Waals surface area contributed by atoms with E-state index in [0.29, 0.717) is 5.56 Å². The maximum atomic E-state index is 11.7. The third-order valence-electron chi connectivity index (χ3n) is 2.21. The van der Waals surface area contributed by atoms with E-state index in [0.717, 1.165) is 10.4 Å². The molecule has 3 heteroatoms. The Morgan fingerprint density at radius 2 is 2.18 bits per heavy atom. The average Bonchev–Trinajstić information content (AvgIpc) is 2.90. The van der Waals surface area contributed by atoms with Crippen molar-refractivity contribution in [2.24, 2.45) is 0 Å². The van der Waals surface area contributed by atoms with Crippen LogP contribution < -0.4 is 0 Å². The molecule has 0 aliphatic carbocycles. The van der Waals surface area contributed by atoms with Crippen LogP contribution in [0.4, 0.5) is 0 Å². The number of ketones is 1. The number of hydrogen-bond donors (Lipinski definition) is 0. The Bertz CT molecular complexity index is 591. The summed E-state index contributed by atoms with van der Waals surface area (Å²) in [5.74, 6) is -0.0117. The molecule has 82 valence electrons. The Balaban J connectivity index is 2.16. The summed E-state index contributed by atoms with van der Waals surface area (Å²) in [5.41, 5.74) is 1.45. The number of carbonyl (C=O) groups excluding carboxylic acids is 1. The van der Waals surface area contributed by atoms with E-state index in [1.165, 1.54) is 17.4 Å². The molecule has 2 nitrogen and oxygen atoms in total. The van der Waals surface area contributed by atoms with E-state index >= 15 is 0 Å². The fourth-order valence-electron chi connectivity index (χ4n) is 1.38. The van der Waals surface area contributed by atoms with Crippen LogP contribution in [0.1, 0.15) is 20.8 Å². The van der Waals surface area contributed by atoms with Crippen LogP contribution in [0.5, 0.6) is 0 Å². The van der Waals surface area contributed by atoms with Gasteiger partial charge in [0.2, 0.25) is 0 Å². The highest BCUT2D eigenvalue weighted by atomic mass is 32.1. The molecule has 2 aromatic rings. The molecule has 0 saturated heterocycles. The van der Waals surface area contributed by atoms with Gasteiger partial charge in [-0.1, -0.05) is 24.3 Å². The number of allylic oxidation sites excluding steroid dienone is 1. The summed E-state index contributed by atoms with van der Waals surface area (Å²) in [5, 5.41) is 10.6. The first kappa shape index (κ1) is 11.3. The van der Waals surface area contributed by atoms with Crippen molar-refractivity contribution in [2.75, 3.05) is 0 Å². The van der Waals surface area contributed by atoms with Crippen LogP contribution >= 0.6 is 11.3 Å². The van der Waals surface area contributed by atoms with Gasteiger partial charge in [0.1, 0.15) is 0 Å². The largest absolute Gasteiger partial charge is 0.288 e. The van der Waals surface area contributed by atoms with E-state index in [2.05, 4.69) is 6.07 Å². The lowest BCUT2D eigenvalue weighted by Gasteiger charge is -1.93. The summed E-state index contributed by atoms with van der Waals surface area (Å²) in [6.07, 6.45) is 3.26. The molecule has 0 N–H and O–H groups in total. The van der Waals surface area contributed by atoms with Gasteiger partial charge in [0.25, 0.3) is 0 Å². The van der Waals surface area contributed by atoms with Crippen LogP contribution in [0.2, 0.25) is 0 Å². The monoisotopic (exact) mass is 239 g/mol. The predicted octanol–water partition coefficient (Wildman–Crippen LogP) is 3.52. The SMILES string of the molecule is N#Cc1cccc(/C=C/C(=O)c2cccs2)c1. The maximum absolute atomic E-state index is 11.7. The van der Waals surface area contributed by atoms with Gasteiger partial charge in [0.15, 0.2) is 5.78 Å². The van der Waals surface area contributed by atoms with Crippen molar-refractivity contribution in [3.05, 3.63) is 63.9 Å². The Morgan fingerprint density at radius 1 is 1.29 bits per heavy atom. The maximum Gasteiger partial charge on any atom is 0.195 e. The molecule has 2 rings (SSSR count). The Morgan fingerprint density at radius 3 is 2.88 bits per heavy atom. The number of hydrogen-bond acceptors (Lipinski definition) is 3. The minimum absolute atomic E-state index is 0.0117. The molecule has 0 atom stereocenters. The molecule has 0 fully saturated rings. The molecule has 17 heavy (non-hydrogen) atoms. The zero-order valence-corrected chi connectivity index (χ0v) is 9.78. The van der Waals surface area contributed by atoms with Crippen LogP contribution in [-0.2, 0) is 0 Å². The zero-order valence-electron chi connectivity index (χ0n) is 8.96. The second-order valence-corrected chi connectivity index (χ2v) is 4.36. The van der Waals surface area contributed by atoms with Gasteiger partial charge in [-0.2, -0.15) is 5.26 Å². The highest BCUT2D eigenvalue weighted by Crippen LogP contribution is 2.12. The number of carbonyl (C=O) groups is 1. The van der Waals surface area contributed by atoms with Gasteiger partial charge in [-0.05, 0) is 35.2 Å². The molecule has 1 aromatic heterocycles. The van der Waals surface area contributed by atoms with E-state index in [9.17, 15) is 4.79 Å². The van der Waals surface area contributed by atoms with Gasteiger partial charge < -0.3 is 0 Å². The fourth-order valence-corrected chi connectivity index (χ4v) is 2.03. The van der Waals surface area contributed by atoms with Crippen molar-refractivity contribution in [3.8, 4) is 6.07 Å². The van der Waals surface area contributed by atoms with Gasteiger partial charge in [-0.3, -0.25) is 4.79 Å². The van der Waals surface area contributed by atoms with Crippen molar-refractivity contribution in [1.29, 1.82) is 5.26 Å². The van der Waals surface area contributed by atoms with Crippen LogP contribution in [0.25, 0.3) is 6.08 Å². The number of thiophene rings is 1. The Kier molecular flexibility index (Phi) is 3.49. The second kappa shape index (κ2) is 5.24. The lowest BCUT2D eigenvalue weighted by atomic mass is 10.1. The topological polar surface area (TPSA) is 40.9 Å². The van der Waals surface area contributed by atoms with Crippen molar-refractivity contribution in [1.82, 2.24) is 0 Å². The summed E-state index contributed by atoms with van der Waals surface area (Å²) in [6.45, 7) is 0. The number of nitrogens with zero attached hydrogens (tertiary/aromatic N) is 1. The molecule has 0 aliphatic heterocycles. The minimum atomic E-state index is -0.0117. The van der Waals surface area contributed by atoms with Gasteiger partial charge in [-0.15, -0.1) is 11.3 Å². The first-order valence-corrected chi connectivity index (χ1v) is 5.93. The quantitative estimate of drug-likeness (QED) is 0.607. The van der Waals surface area contributed by atoms with Crippen molar-refractivity contribution < 1.29 is 4.79 Å². The number of rotatable bonds is 3. The number of nitriles is 1. The van der Waals surface area contributed by atoms with Crippen LogP contribution in [0.3, 0.4) is 0 Å². The summed E-state index contributed by atoms with van der Waals surface area (Å²) in [4.78, 5) is 12.4. The van der Waals surface area contributed by atoms with Crippen molar-refractivity contribution in [2.45, 2.75) is 0 Å². The van der Waals surface area contributed by atoms with E-state index in [-0.39, 0.29) is 5.78 Å². The number of benzene rings is 1. The molecule has 0 amide bonds. The third-order valence-corrected chi connectivity index (χ3v) is 3.09. The fraction of sp³-hybridized carbons (Fsp3) is 0. The highest BCUT2D eigenvalue weighted by molar-refractivity contribution is 7.12. The molecule has 1 aromatic carbocycles. The second-order valence-electron chi connectivity index (χ2n) is 3.41. The highest BCUT2D eigenvalue weighted by Gasteiger charge is 2.01. The zero-order chi connectivity index (χ0) is 12.1. The lowest BCUT2D eigenvalue weighted by molar-refractivity contribution is 0.105. The van der Waals surface area contributed by atoms with Crippen LogP contribution in [-0.4, -0.2) is 5.78 Å². The lowest BCUT2D eigenvalue weighted by Crippen LogP contribution is -1.88. The summed E-state index contributed by atoms with van der Waals surface area (Å²) >= 11 is 1.42. The smallest absolute Gasteiger partial charge is 0.195 e. The molecular weight excluding hydrogens is 230 g/mol. The first-order chi connectivity index (χ1) is 8.29. The predicted molar refractivity (Wildman–Crippen MR) is 68.8 cm³/mol. The molecular formula is C14H9NOS. The van der Waals surface area contributed by atoms with Crippen LogP contribution in [0.15, 0.2) is 47.9 Å². The standard InChI is InChI=1S/C14H9NOS/c15-10-12-4-1-3-11(9-12)6-7-13(16)14-5-2-8-17-14/h1-9H/b7-6+. The Labute approximate surface area is 103 Å². The van der Waals surface area contributed by atoms with E-state index in [1.54, 1.807) is 30.3 Å². The normalized spacial score (nSPS) is 10.3. The van der Waals surface area contributed by atoms with Gasteiger partial charge in [-0.25, -0.2) is 0 Å². The van der Waals surface area contributed by atoms with Gasteiger partial charge in [0.05, 0.1) is 16.5 Å². The summed E-state index contributed by atoms with van der Waals surface area (Å²) in [6, 6.07) is 12.9. The third kappa shape index (κ3) is 2.90.